The van der Waals surface area contributed by atoms with E-state index in [0.717, 1.165) is 6.33 Å². The molecule has 0 unspecified atom stereocenters. The van der Waals surface area contributed by atoms with E-state index in [4.69, 9.17) is 9.90 Å². The van der Waals surface area contributed by atoms with Crippen molar-refractivity contribution in [2.75, 3.05) is 0 Å². The third-order valence-electron chi connectivity index (χ3n) is 0.598. The third kappa shape index (κ3) is 4.58. The van der Waals surface area contributed by atoms with E-state index in [1.54, 1.807) is 0 Å². The second kappa shape index (κ2) is 4.91. The molecule has 3 N–H and O–H groups in total. The number of H-pyrrole nitrogens is 2. The predicted octanol–water partition coefficient (Wildman–Crippen LogP) is -1.84. The van der Waals surface area contributed by atoms with Crippen LogP contribution in [-0.4, -0.2) is 26.5 Å². The lowest BCUT2D eigenvalue weighted by atomic mass is 11.0. The van der Waals surface area contributed by atoms with Crippen LogP contribution in [0.5, 0.6) is 0 Å². The molecule has 11 heavy (non-hydrogen) atoms. The number of hydrogen-bond acceptors (Lipinski definition) is 4. The van der Waals surface area contributed by atoms with Gasteiger partial charge in [0.1, 0.15) is 6.33 Å². The number of carboxylic acid groups (broad SMARTS) is 1. The zero-order valence-electron chi connectivity index (χ0n) is 5.27. The van der Waals surface area contributed by atoms with Gasteiger partial charge in [0, 0.05) is 0 Å². The van der Waals surface area contributed by atoms with Crippen LogP contribution in [0.2, 0.25) is 0 Å². The number of aromatic amines is 2. The van der Waals surface area contributed by atoms with Crippen molar-refractivity contribution in [1.29, 1.82) is 0 Å². The molecule has 0 aliphatic carbocycles. The van der Waals surface area contributed by atoms with E-state index < -0.39 is 11.4 Å². The van der Waals surface area contributed by atoms with Gasteiger partial charge in [-0.1, -0.05) is 0 Å². The molecule has 1 rings (SSSR count). The molecule has 7 heteroatoms. The summed E-state index contributed by atoms with van der Waals surface area (Å²) in [5, 5.41) is 6.89. The van der Waals surface area contributed by atoms with Gasteiger partial charge in [0.05, 0.1) is 0 Å². The van der Waals surface area contributed by atoms with Crippen molar-refractivity contribution >= 4 is 6.47 Å². The molecule has 0 aliphatic heterocycles. The Morgan fingerprint density at radius 3 is 2.36 bits per heavy atom. The molecule has 0 spiro atoms. The first-order valence-corrected chi connectivity index (χ1v) is 2.42. The van der Waals surface area contributed by atoms with Gasteiger partial charge >= 0.3 is 11.4 Å². The lowest BCUT2D eigenvalue weighted by Gasteiger charge is -1.74. The summed E-state index contributed by atoms with van der Waals surface area (Å²) in [5.41, 5.74) is -1.17. The fraction of sp³-hybridized carbons (Fsp3) is 0. The van der Waals surface area contributed by atoms with Crippen LogP contribution < -0.4 is 11.4 Å². The van der Waals surface area contributed by atoms with E-state index >= 15 is 0 Å². The SMILES string of the molecule is O=CO.O=c1nc[nH]c(=O)[nH]1. The maximum atomic E-state index is 10.1. The second-order valence-electron chi connectivity index (χ2n) is 1.27. The van der Waals surface area contributed by atoms with E-state index in [1.807, 2.05) is 4.98 Å². The Bertz CT molecular complexity index is 288. The lowest BCUT2D eigenvalue weighted by molar-refractivity contribution is -0.122. The van der Waals surface area contributed by atoms with Crippen LogP contribution in [0.3, 0.4) is 0 Å². The molecular formula is C4H5N3O4. The van der Waals surface area contributed by atoms with Crippen LogP contribution in [0, 0.1) is 0 Å². The number of aromatic nitrogens is 3. The predicted molar refractivity (Wildman–Crippen MR) is 34.2 cm³/mol. The van der Waals surface area contributed by atoms with Crippen molar-refractivity contribution in [2.24, 2.45) is 0 Å². The smallest absolute Gasteiger partial charge is 0.350 e. The van der Waals surface area contributed by atoms with E-state index in [9.17, 15) is 9.59 Å². The summed E-state index contributed by atoms with van der Waals surface area (Å²) in [6, 6.07) is 0. The van der Waals surface area contributed by atoms with Crippen molar-refractivity contribution in [3.05, 3.63) is 27.3 Å². The molecule has 60 valence electrons. The minimum Gasteiger partial charge on any atom is -0.483 e. The van der Waals surface area contributed by atoms with Gasteiger partial charge < -0.3 is 5.11 Å². The van der Waals surface area contributed by atoms with Gasteiger partial charge in [-0.15, -0.1) is 0 Å². The number of hydrogen-bond donors (Lipinski definition) is 3. The maximum absolute atomic E-state index is 10.1. The number of carbonyl (C=O) groups is 1. The fourth-order valence-electron chi connectivity index (χ4n) is 0.315. The monoisotopic (exact) mass is 159 g/mol. The average Bonchev–Trinajstić information content (AvgIpc) is 1.88. The van der Waals surface area contributed by atoms with Crippen molar-refractivity contribution < 1.29 is 9.90 Å². The highest BCUT2D eigenvalue weighted by Crippen LogP contribution is 1.40. The highest BCUT2D eigenvalue weighted by Gasteiger charge is 1.79. The summed E-state index contributed by atoms with van der Waals surface area (Å²) >= 11 is 0. The van der Waals surface area contributed by atoms with Gasteiger partial charge in [-0.25, -0.2) is 9.59 Å². The molecule has 0 aromatic carbocycles. The average molecular weight is 159 g/mol. The van der Waals surface area contributed by atoms with Gasteiger partial charge in [0.15, 0.2) is 0 Å². The third-order valence-corrected chi connectivity index (χ3v) is 0.598. The van der Waals surface area contributed by atoms with Gasteiger partial charge in [-0.05, 0) is 0 Å². The zero-order chi connectivity index (χ0) is 8.69. The molecule has 0 radical (unpaired) electrons. The molecule has 0 atom stereocenters. The van der Waals surface area contributed by atoms with Gasteiger partial charge in [-0.2, -0.15) is 4.98 Å². The van der Waals surface area contributed by atoms with Crippen molar-refractivity contribution in [1.82, 2.24) is 15.0 Å². The molecule has 0 bridgehead atoms. The molecule has 0 aliphatic rings. The Labute approximate surface area is 59.7 Å². The molecule has 1 aromatic heterocycles. The normalized spacial score (nSPS) is 7.64. The van der Waals surface area contributed by atoms with Crippen molar-refractivity contribution in [3.8, 4) is 0 Å². The molecule has 1 aromatic rings. The molecule has 0 saturated heterocycles. The minimum absolute atomic E-state index is 0.250. The maximum Gasteiger partial charge on any atom is 0.350 e. The summed E-state index contributed by atoms with van der Waals surface area (Å²) in [6.07, 6.45) is 1.04. The van der Waals surface area contributed by atoms with Crippen molar-refractivity contribution in [3.63, 3.8) is 0 Å². The van der Waals surface area contributed by atoms with E-state index in [0.29, 0.717) is 0 Å². The molecule has 0 amide bonds. The first kappa shape index (κ1) is 9.08. The van der Waals surface area contributed by atoms with Crippen LogP contribution in [0.25, 0.3) is 0 Å². The standard InChI is InChI=1S/C3H3N3O2.CH2O2/c7-2-4-1-5-3(8)6-2;2-1-3/h1H,(H2,4,5,6,7,8);1H,(H,2,3). The number of rotatable bonds is 0. The number of nitrogens with zero attached hydrogens (tertiary/aromatic N) is 1. The minimum atomic E-state index is -0.631. The largest absolute Gasteiger partial charge is 0.483 e. The molecule has 1 heterocycles. The molecular weight excluding hydrogens is 154 g/mol. The molecule has 0 saturated carbocycles. The summed E-state index contributed by atoms with van der Waals surface area (Å²) in [4.78, 5) is 35.8. The summed E-state index contributed by atoms with van der Waals surface area (Å²) < 4.78 is 0. The highest BCUT2D eigenvalue weighted by atomic mass is 16.3. The van der Waals surface area contributed by atoms with E-state index in [1.165, 1.54) is 0 Å². The zero-order valence-corrected chi connectivity index (χ0v) is 5.27. The summed E-state index contributed by atoms with van der Waals surface area (Å²) in [6.45, 7) is -0.250. The second-order valence-corrected chi connectivity index (χ2v) is 1.27. The lowest BCUT2D eigenvalue weighted by Crippen LogP contribution is -2.22. The Kier molecular flexibility index (Phi) is 4.06. The quantitative estimate of drug-likeness (QED) is 0.384. The first-order valence-electron chi connectivity index (χ1n) is 2.42. The van der Waals surface area contributed by atoms with Gasteiger partial charge in [-0.3, -0.25) is 14.8 Å². The van der Waals surface area contributed by atoms with Crippen LogP contribution in [0.15, 0.2) is 15.9 Å². The number of nitrogens with one attached hydrogen (secondary N) is 2. The van der Waals surface area contributed by atoms with E-state index in [2.05, 4.69) is 9.97 Å². The van der Waals surface area contributed by atoms with Crippen LogP contribution in [-0.2, 0) is 4.79 Å². The van der Waals surface area contributed by atoms with E-state index in [-0.39, 0.29) is 6.47 Å². The highest BCUT2D eigenvalue weighted by molar-refractivity contribution is 5.32. The Morgan fingerprint density at radius 2 is 2.09 bits per heavy atom. The first-order chi connectivity index (χ1) is 5.20. The van der Waals surface area contributed by atoms with Crippen LogP contribution in [0.1, 0.15) is 0 Å². The Balaban J connectivity index is 0.000000292. The molecule has 0 fully saturated rings. The van der Waals surface area contributed by atoms with Crippen LogP contribution in [0.4, 0.5) is 0 Å². The summed E-state index contributed by atoms with van der Waals surface area (Å²) in [5.74, 6) is 0. The summed E-state index contributed by atoms with van der Waals surface area (Å²) in [7, 11) is 0. The topological polar surface area (TPSA) is 116 Å². The Hall–Kier alpha value is -1.92. The van der Waals surface area contributed by atoms with Crippen LogP contribution >= 0.6 is 0 Å². The van der Waals surface area contributed by atoms with Gasteiger partial charge in [0.25, 0.3) is 6.47 Å². The molecule has 7 nitrogen and oxygen atoms in total. The fourth-order valence-corrected chi connectivity index (χ4v) is 0.315. The van der Waals surface area contributed by atoms with Gasteiger partial charge in [0.2, 0.25) is 0 Å². The Morgan fingerprint density at radius 1 is 1.55 bits per heavy atom. The van der Waals surface area contributed by atoms with Crippen molar-refractivity contribution in [2.45, 2.75) is 0 Å².